The van der Waals surface area contributed by atoms with Crippen molar-refractivity contribution < 1.29 is 19.1 Å². The topological polar surface area (TPSA) is 98.6 Å². The van der Waals surface area contributed by atoms with Crippen molar-refractivity contribution >= 4 is 11.8 Å². The van der Waals surface area contributed by atoms with Crippen molar-refractivity contribution in [1.29, 1.82) is 0 Å². The van der Waals surface area contributed by atoms with E-state index in [1.54, 1.807) is 30.7 Å². The number of pyridine rings is 1. The highest BCUT2D eigenvalue weighted by molar-refractivity contribution is 5.93. The van der Waals surface area contributed by atoms with Gasteiger partial charge in [-0.15, -0.1) is 0 Å². The van der Waals surface area contributed by atoms with Gasteiger partial charge in [-0.3, -0.25) is 14.6 Å². The molecule has 1 saturated heterocycles. The predicted octanol–water partition coefficient (Wildman–Crippen LogP) is 2.73. The van der Waals surface area contributed by atoms with Crippen molar-refractivity contribution in [3.8, 4) is 5.75 Å². The van der Waals surface area contributed by atoms with Gasteiger partial charge in [0.1, 0.15) is 11.9 Å². The summed E-state index contributed by atoms with van der Waals surface area (Å²) in [5, 5.41) is 3.00. The number of hydrogen-bond donors (Lipinski definition) is 1. The van der Waals surface area contributed by atoms with Crippen LogP contribution in [0.4, 0.5) is 0 Å². The first-order chi connectivity index (χ1) is 17.1. The van der Waals surface area contributed by atoms with Crippen LogP contribution in [0.25, 0.3) is 0 Å². The van der Waals surface area contributed by atoms with Crippen LogP contribution < -0.4 is 10.1 Å². The number of benzene rings is 1. The van der Waals surface area contributed by atoms with Gasteiger partial charge in [0.15, 0.2) is 5.69 Å². The Morgan fingerprint density at radius 2 is 1.86 bits per heavy atom. The van der Waals surface area contributed by atoms with Crippen molar-refractivity contribution in [2.75, 3.05) is 20.2 Å². The molecule has 1 aromatic carbocycles. The number of aromatic nitrogens is 3. The standard InChI is InChI=1S/C26H29N5O4/c1-34-21-4-2-19(3-5-21)23-15-31-17-29-24(22(31)16-35-23)26(33)30-12-8-20(9-13-30)25(32)28-14-18-6-10-27-11-7-18/h2-7,10-11,17,20,23H,8-9,12-16H2,1H3,(H,28,32)/t23-/m0/s1. The van der Waals surface area contributed by atoms with Crippen LogP contribution in [0.5, 0.6) is 5.75 Å². The molecule has 2 aliphatic rings. The average Bonchev–Trinajstić information content (AvgIpc) is 3.35. The van der Waals surface area contributed by atoms with Crippen molar-refractivity contribution in [1.82, 2.24) is 24.8 Å². The first kappa shape index (κ1) is 23.0. The molecule has 2 aliphatic heterocycles. The zero-order valence-electron chi connectivity index (χ0n) is 19.7. The molecule has 0 unspecified atom stereocenters. The van der Waals surface area contributed by atoms with Gasteiger partial charge in [0.25, 0.3) is 5.91 Å². The lowest BCUT2D eigenvalue weighted by Crippen LogP contribution is -2.43. The Balaban J connectivity index is 1.16. The van der Waals surface area contributed by atoms with Crippen LogP contribution >= 0.6 is 0 Å². The SMILES string of the molecule is COc1ccc([C@@H]2Cn3cnc(C(=O)N4CCC(C(=O)NCc5ccncc5)CC4)c3CO2)cc1. The van der Waals surface area contributed by atoms with E-state index < -0.39 is 0 Å². The molecule has 0 radical (unpaired) electrons. The van der Waals surface area contributed by atoms with E-state index in [1.165, 1.54) is 0 Å². The van der Waals surface area contributed by atoms with Gasteiger partial charge in [0.05, 0.1) is 32.3 Å². The Morgan fingerprint density at radius 3 is 2.57 bits per heavy atom. The van der Waals surface area contributed by atoms with Crippen LogP contribution in [-0.4, -0.2) is 51.4 Å². The average molecular weight is 476 g/mol. The monoisotopic (exact) mass is 475 g/mol. The molecule has 0 saturated carbocycles. The molecule has 0 bridgehead atoms. The maximum absolute atomic E-state index is 13.2. The molecule has 3 aromatic rings. The highest BCUT2D eigenvalue weighted by Gasteiger charge is 2.32. The third-order valence-electron chi connectivity index (χ3n) is 6.79. The minimum atomic E-state index is -0.105. The predicted molar refractivity (Wildman–Crippen MR) is 127 cm³/mol. The van der Waals surface area contributed by atoms with Gasteiger partial charge in [-0.1, -0.05) is 12.1 Å². The largest absolute Gasteiger partial charge is 0.497 e. The number of nitrogens with zero attached hydrogens (tertiary/aromatic N) is 4. The summed E-state index contributed by atoms with van der Waals surface area (Å²) in [7, 11) is 1.64. The van der Waals surface area contributed by atoms with E-state index in [-0.39, 0.29) is 23.8 Å². The van der Waals surface area contributed by atoms with Gasteiger partial charge >= 0.3 is 0 Å². The van der Waals surface area contributed by atoms with Crippen molar-refractivity contribution in [3.63, 3.8) is 0 Å². The van der Waals surface area contributed by atoms with E-state index in [1.807, 2.05) is 41.0 Å². The molecule has 4 heterocycles. The number of fused-ring (bicyclic) bond motifs is 1. The number of carbonyl (C=O) groups is 2. The second-order valence-corrected chi connectivity index (χ2v) is 8.90. The zero-order valence-corrected chi connectivity index (χ0v) is 19.7. The summed E-state index contributed by atoms with van der Waals surface area (Å²) in [5.74, 6) is 0.647. The fraction of sp³-hybridized carbons (Fsp3) is 0.385. The third kappa shape index (κ3) is 5.05. The maximum atomic E-state index is 13.2. The lowest BCUT2D eigenvalue weighted by molar-refractivity contribution is -0.126. The number of amides is 2. The molecule has 0 aliphatic carbocycles. The molecule has 9 heteroatoms. The molecular formula is C26H29N5O4. The Kier molecular flexibility index (Phi) is 6.76. The zero-order chi connectivity index (χ0) is 24.2. The molecule has 1 atom stereocenters. The number of rotatable bonds is 6. The van der Waals surface area contributed by atoms with Crippen molar-refractivity contribution in [2.24, 2.45) is 5.92 Å². The number of hydrogen-bond acceptors (Lipinski definition) is 6. The molecule has 2 aromatic heterocycles. The summed E-state index contributed by atoms with van der Waals surface area (Å²) in [6.45, 7) is 2.48. The van der Waals surface area contributed by atoms with E-state index in [0.717, 1.165) is 22.6 Å². The molecule has 0 spiro atoms. The van der Waals surface area contributed by atoms with Crippen LogP contribution in [0.3, 0.4) is 0 Å². The minimum Gasteiger partial charge on any atom is -0.497 e. The molecule has 5 rings (SSSR count). The van der Waals surface area contributed by atoms with Crippen molar-refractivity contribution in [2.45, 2.75) is 38.6 Å². The Morgan fingerprint density at radius 1 is 1.11 bits per heavy atom. The number of piperidine rings is 1. The summed E-state index contributed by atoms with van der Waals surface area (Å²) in [6, 6.07) is 11.6. The van der Waals surface area contributed by atoms with E-state index in [9.17, 15) is 9.59 Å². The van der Waals surface area contributed by atoms with Gasteiger partial charge in [-0.2, -0.15) is 0 Å². The van der Waals surface area contributed by atoms with E-state index >= 15 is 0 Å². The molecule has 1 N–H and O–H groups in total. The van der Waals surface area contributed by atoms with Crippen LogP contribution in [0.15, 0.2) is 55.1 Å². The minimum absolute atomic E-state index is 0.0336. The highest BCUT2D eigenvalue weighted by Crippen LogP contribution is 2.30. The number of nitrogens with one attached hydrogen (secondary N) is 1. The molecule has 1 fully saturated rings. The molecule has 9 nitrogen and oxygen atoms in total. The molecule has 2 amide bonds. The van der Waals surface area contributed by atoms with Crippen LogP contribution in [0.1, 0.15) is 46.3 Å². The van der Waals surface area contributed by atoms with Crippen LogP contribution in [0, 0.1) is 5.92 Å². The number of methoxy groups -OCH3 is 1. The lowest BCUT2D eigenvalue weighted by Gasteiger charge is -2.31. The smallest absolute Gasteiger partial charge is 0.274 e. The molecule has 35 heavy (non-hydrogen) atoms. The van der Waals surface area contributed by atoms with Crippen LogP contribution in [0.2, 0.25) is 0 Å². The summed E-state index contributed by atoms with van der Waals surface area (Å²) >= 11 is 0. The number of imidazole rings is 1. The Bertz CT molecular complexity index is 1170. The summed E-state index contributed by atoms with van der Waals surface area (Å²) < 4.78 is 13.3. The van der Waals surface area contributed by atoms with Gasteiger partial charge < -0.3 is 24.3 Å². The van der Waals surface area contributed by atoms with Gasteiger partial charge in [0.2, 0.25) is 5.91 Å². The normalized spacial score (nSPS) is 18.1. The summed E-state index contributed by atoms with van der Waals surface area (Å²) in [6.07, 6.45) is 6.32. The van der Waals surface area contributed by atoms with Crippen molar-refractivity contribution in [3.05, 3.63) is 77.6 Å². The number of likely N-dealkylation sites (tertiary alicyclic amines) is 1. The fourth-order valence-electron chi connectivity index (χ4n) is 4.65. The van der Waals surface area contributed by atoms with Gasteiger partial charge in [-0.25, -0.2) is 4.98 Å². The lowest BCUT2D eigenvalue weighted by atomic mass is 9.95. The first-order valence-corrected chi connectivity index (χ1v) is 11.9. The second-order valence-electron chi connectivity index (χ2n) is 8.90. The number of ether oxygens (including phenoxy) is 2. The highest BCUT2D eigenvalue weighted by atomic mass is 16.5. The fourth-order valence-corrected chi connectivity index (χ4v) is 4.65. The Hall–Kier alpha value is -3.72. The molecular weight excluding hydrogens is 446 g/mol. The second kappa shape index (κ2) is 10.3. The maximum Gasteiger partial charge on any atom is 0.274 e. The van der Waals surface area contributed by atoms with Gasteiger partial charge in [-0.05, 0) is 48.2 Å². The third-order valence-corrected chi connectivity index (χ3v) is 6.79. The number of carbonyl (C=O) groups excluding carboxylic acids is 2. The first-order valence-electron chi connectivity index (χ1n) is 11.9. The Labute approximate surface area is 204 Å². The van der Waals surface area contributed by atoms with Gasteiger partial charge in [0, 0.05) is 37.9 Å². The summed E-state index contributed by atoms with van der Waals surface area (Å²) in [4.78, 5) is 36.0. The quantitative estimate of drug-likeness (QED) is 0.589. The van der Waals surface area contributed by atoms with E-state index in [2.05, 4.69) is 15.3 Å². The van der Waals surface area contributed by atoms with E-state index in [4.69, 9.17) is 9.47 Å². The molecule has 182 valence electrons. The van der Waals surface area contributed by atoms with E-state index in [0.29, 0.717) is 51.3 Å². The summed E-state index contributed by atoms with van der Waals surface area (Å²) in [5.41, 5.74) is 3.32. The van der Waals surface area contributed by atoms with Crippen LogP contribution in [-0.2, 0) is 29.2 Å².